The lowest BCUT2D eigenvalue weighted by Crippen LogP contribution is -2.53. The molecule has 1 heterocycles. The Labute approximate surface area is 277 Å². The van der Waals surface area contributed by atoms with Crippen molar-refractivity contribution in [3.63, 3.8) is 0 Å². The van der Waals surface area contributed by atoms with Gasteiger partial charge in [0.1, 0.15) is 17.0 Å². The standard InChI is InChI=1S/C38H57N2O6/c1-6-7-8-9-10-11-12-13-14-17-28-45-34-26-22-32(23-27-34)36(41)46-30-19-16-15-18-29-44-33-24-20-31(21-25-33)35-39(42)37(2,3)38(4,5)40(35)43/h20-27H,6-19,28-30H2,1-5H3. The molecule has 0 spiro atoms. The zero-order valence-electron chi connectivity index (χ0n) is 29.0. The van der Waals surface area contributed by atoms with Crippen molar-refractivity contribution in [1.29, 1.82) is 0 Å². The van der Waals surface area contributed by atoms with Crippen LogP contribution in [0.1, 0.15) is 140 Å². The lowest BCUT2D eigenvalue weighted by molar-refractivity contribution is -0.539. The molecule has 0 bridgehead atoms. The number of hydrogen-bond acceptors (Lipinski definition) is 6. The molecular weight excluding hydrogens is 580 g/mol. The average Bonchev–Trinajstić information content (AvgIpc) is 3.16. The maximum atomic E-state index is 12.8. The molecule has 3 rings (SSSR count). The molecular formula is C38H57N2O6. The first-order valence-electron chi connectivity index (χ1n) is 17.5. The number of unbranched alkanes of at least 4 members (excludes halogenated alkanes) is 12. The van der Waals surface area contributed by atoms with Crippen molar-refractivity contribution in [2.24, 2.45) is 0 Å². The predicted molar refractivity (Wildman–Crippen MR) is 183 cm³/mol. The lowest BCUT2D eigenvalue weighted by Gasteiger charge is -2.32. The SMILES string of the molecule is CCCCCCCCCCCCOc1ccc(C(=O)OCCCCCCOc2ccc(C3=[N+]([O-])C(C)(C)C(C)(C)N3[O])cc2)cc1. The minimum Gasteiger partial charge on any atom is -0.714 e. The van der Waals surface area contributed by atoms with Gasteiger partial charge in [-0.3, -0.25) is 4.74 Å². The molecule has 8 nitrogen and oxygen atoms in total. The van der Waals surface area contributed by atoms with Crippen LogP contribution >= 0.6 is 0 Å². The minimum atomic E-state index is -0.843. The van der Waals surface area contributed by atoms with E-state index >= 15 is 0 Å². The van der Waals surface area contributed by atoms with Gasteiger partial charge in [0, 0.05) is 5.21 Å². The molecule has 0 saturated carbocycles. The highest BCUT2D eigenvalue weighted by atomic mass is 16.5. The number of amidine groups is 1. The molecule has 0 N–H and O–H groups in total. The third-order valence-corrected chi connectivity index (χ3v) is 9.41. The summed E-state index contributed by atoms with van der Waals surface area (Å²) < 4.78 is 18.0. The number of hydrogen-bond donors (Lipinski definition) is 0. The number of rotatable bonds is 22. The van der Waals surface area contributed by atoms with Crippen molar-refractivity contribution in [3.05, 3.63) is 64.9 Å². The first-order valence-corrected chi connectivity index (χ1v) is 17.5. The van der Waals surface area contributed by atoms with Crippen molar-refractivity contribution in [2.45, 2.75) is 136 Å². The molecule has 0 atom stereocenters. The fourth-order valence-electron chi connectivity index (χ4n) is 5.51. The molecule has 0 saturated heterocycles. The molecule has 8 heteroatoms. The molecule has 0 aromatic heterocycles. The van der Waals surface area contributed by atoms with E-state index in [4.69, 9.17) is 14.2 Å². The van der Waals surface area contributed by atoms with Crippen molar-refractivity contribution in [3.8, 4) is 11.5 Å². The molecule has 0 fully saturated rings. The molecule has 255 valence electrons. The van der Waals surface area contributed by atoms with E-state index in [0.717, 1.165) is 47.7 Å². The summed E-state index contributed by atoms with van der Waals surface area (Å²) in [7, 11) is 0. The van der Waals surface area contributed by atoms with Gasteiger partial charge in [-0.1, -0.05) is 69.8 Å². The van der Waals surface area contributed by atoms with Gasteiger partial charge in [0.15, 0.2) is 5.54 Å². The Morgan fingerprint density at radius 3 is 1.57 bits per heavy atom. The average molecular weight is 638 g/mol. The Balaban J connectivity index is 1.21. The second-order valence-electron chi connectivity index (χ2n) is 13.5. The number of carbonyl (C=O) groups excluding carboxylic acids is 1. The Kier molecular flexibility index (Phi) is 15.2. The van der Waals surface area contributed by atoms with E-state index in [9.17, 15) is 15.2 Å². The minimum absolute atomic E-state index is 0.128. The van der Waals surface area contributed by atoms with Gasteiger partial charge in [-0.15, -0.1) is 0 Å². The van der Waals surface area contributed by atoms with Crippen LogP contribution in [-0.2, 0) is 9.94 Å². The summed E-state index contributed by atoms with van der Waals surface area (Å²) in [6, 6.07) is 14.3. The Bertz CT molecular complexity index is 1210. The summed E-state index contributed by atoms with van der Waals surface area (Å²) in [4.78, 5) is 12.4. The molecule has 46 heavy (non-hydrogen) atoms. The first-order chi connectivity index (χ1) is 22.1. The van der Waals surface area contributed by atoms with Crippen molar-refractivity contribution >= 4 is 11.8 Å². The van der Waals surface area contributed by atoms with Gasteiger partial charge >= 0.3 is 11.8 Å². The Morgan fingerprint density at radius 1 is 0.674 bits per heavy atom. The molecule has 0 unspecified atom stereocenters. The van der Waals surface area contributed by atoms with Crippen LogP contribution < -0.4 is 9.47 Å². The Morgan fingerprint density at radius 2 is 1.11 bits per heavy atom. The largest absolute Gasteiger partial charge is 0.714 e. The normalized spacial score (nSPS) is 15.3. The summed E-state index contributed by atoms with van der Waals surface area (Å²) in [6.45, 7) is 11.1. The second-order valence-corrected chi connectivity index (χ2v) is 13.5. The van der Waals surface area contributed by atoms with Crippen molar-refractivity contribution in [1.82, 2.24) is 5.06 Å². The first kappa shape index (κ1) is 37.2. The summed E-state index contributed by atoms with van der Waals surface area (Å²) in [6.07, 6.45) is 16.6. The van der Waals surface area contributed by atoms with Crippen LogP contribution in [0.4, 0.5) is 0 Å². The number of benzene rings is 2. The zero-order valence-corrected chi connectivity index (χ0v) is 29.0. The molecule has 2 aromatic rings. The molecule has 0 aliphatic carbocycles. The molecule has 1 radical (unpaired) electrons. The van der Waals surface area contributed by atoms with Crippen LogP contribution in [0.2, 0.25) is 0 Å². The monoisotopic (exact) mass is 637 g/mol. The third kappa shape index (κ3) is 10.6. The van der Waals surface area contributed by atoms with Crippen LogP contribution in [0.15, 0.2) is 48.5 Å². The number of nitrogens with zero attached hydrogens (tertiary/aromatic N) is 2. The van der Waals surface area contributed by atoms with E-state index < -0.39 is 11.1 Å². The molecule has 0 amide bonds. The molecule has 1 aliphatic heterocycles. The van der Waals surface area contributed by atoms with Crippen LogP contribution in [-0.4, -0.2) is 52.5 Å². The van der Waals surface area contributed by atoms with Crippen LogP contribution in [0.3, 0.4) is 0 Å². The number of ether oxygens (including phenoxy) is 3. The smallest absolute Gasteiger partial charge is 0.338 e. The van der Waals surface area contributed by atoms with Crippen molar-refractivity contribution in [2.75, 3.05) is 19.8 Å². The number of carbonyl (C=O) groups is 1. The van der Waals surface area contributed by atoms with Gasteiger partial charge < -0.3 is 19.4 Å². The fourth-order valence-corrected chi connectivity index (χ4v) is 5.51. The van der Waals surface area contributed by atoms with Crippen LogP contribution in [0.5, 0.6) is 11.5 Å². The Hall–Kier alpha value is -3.26. The van der Waals surface area contributed by atoms with E-state index in [1.165, 1.54) is 57.8 Å². The van der Waals surface area contributed by atoms with Gasteiger partial charge in [-0.2, -0.15) is 0 Å². The maximum absolute atomic E-state index is 12.8. The molecule has 1 aliphatic rings. The maximum Gasteiger partial charge on any atom is 0.338 e. The van der Waals surface area contributed by atoms with E-state index in [1.807, 2.05) is 12.1 Å². The van der Waals surface area contributed by atoms with Gasteiger partial charge in [-0.05, 0) is 108 Å². The van der Waals surface area contributed by atoms with E-state index in [0.29, 0.717) is 36.7 Å². The summed E-state index contributed by atoms with van der Waals surface area (Å²) in [5.74, 6) is 1.30. The van der Waals surface area contributed by atoms with Crippen LogP contribution in [0.25, 0.3) is 0 Å². The third-order valence-electron chi connectivity index (χ3n) is 9.41. The highest BCUT2D eigenvalue weighted by Gasteiger charge is 2.59. The highest BCUT2D eigenvalue weighted by molar-refractivity contribution is 5.96. The van der Waals surface area contributed by atoms with E-state index in [2.05, 4.69) is 6.92 Å². The van der Waals surface area contributed by atoms with Crippen LogP contribution in [0, 0.1) is 5.21 Å². The van der Waals surface area contributed by atoms with Gasteiger partial charge in [0.25, 0.3) is 0 Å². The zero-order chi connectivity index (χ0) is 33.4. The van der Waals surface area contributed by atoms with Gasteiger partial charge in [-0.25, -0.2) is 4.79 Å². The summed E-state index contributed by atoms with van der Waals surface area (Å²) in [5.41, 5.74) is -0.571. The predicted octanol–water partition coefficient (Wildman–Crippen LogP) is 9.26. The van der Waals surface area contributed by atoms with Crippen molar-refractivity contribution < 1.29 is 29.0 Å². The highest BCUT2D eigenvalue weighted by Crippen LogP contribution is 2.37. The quantitative estimate of drug-likeness (QED) is 0.0553. The number of hydroxylamine groups is 3. The van der Waals surface area contributed by atoms with E-state index in [1.54, 1.807) is 64.1 Å². The number of esters is 1. The van der Waals surface area contributed by atoms with Gasteiger partial charge in [0.2, 0.25) is 0 Å². The fraction of sp³-hybridized carbons (Fsp3) is 0.632. The lowest BCUT2D eigenvalue weighted by atomic mass is 9.84. The summed E-state index contributed by atoms with van der Waals surface area (Å²) >= 11 is 0. The second kappa shape index (κ2) is 18.8. The van der Waals surface area contributed by atoms with E-state index in [-0.39, 0.29) is 11.8 Å². The topological polar surface area (TPSA) is 94.0 Å². The molecule has 2 aromatic carbocycles. The van der Waals surface area contributed by atoms with Gasteiger partial charge in [0.05, 0.1) is 30.9 Å². The summed E-state index contributed by atoms with van der Waals surface area (Å²) in [5, 5.41) is 26.5.